The van der Waals surface area contributed by atoms with Gasteiger partial charge in [-0.3, -0.25) is 9.78 Å². The molecule has 2 aromatic rings. The summed E-state index contributed by atoms with van der Waals surface area (Å²) >= 11 is 5.74. The Morgan fingerprint density at radius 1 is 1.15 bits per heavy atom. The monoisotopic (exact) mass is 284 g/mol. The summed E-state index contributed by atoms with van der Waals surface area (Å²) in [5.74, 6) is -0.413. The first kappa shape index (κ1) is 13.7. The second-order valence-corrected chi connectivity index (χ2v) is 4.19. The van der Waals surface area contributed by atoms with Crippen LogP contribution in [0.2, 0.25) is 5.02 Å². The number of carbonyl (C=O) groups is 1. The van der Waals surface area contributed by atoms with Gasteiger partial charge in [0.05, 0.1) is 0 Å². The molecule has 0 aliphatic carbocycles. The lowest BCUT2D eigenvalue weighted by Gasteiger charge is -2.01. The summed E-state index contributed by atoms with van der Waals surface area (Å²) in [6.07, 6.45) is 3.09. The summed E-state index contributed by atoms with van der Waals surface area (Å²) in [6.45, 7) is 0. The molecule has 0 aliphatic heterocycles. The van der Waals surface area contributed by atoms with Crippen molar-refractivity contribution in [1.29, 1.82) is 5.26 Å². The van der Waals surface area contributed by atoms with E-state index in [9.17, 15) is 4.79 Å². The summed E-state index contributed by atoms with van der Waals surface area (Å²) in [5.41, 5.74) is 3.43. The summed E-state index contributed by atoms with van der Waals surface area (Å²) in [7, 11) is 0. The van der Waals surface area contributed by atoms with Gasteiger partial charge in [0.25, 0.3) is 5.91 Å². The van der Waals surface area contributed by atoms with Gasteiger partial charge in [0, 0.05) is 28.5 Å². The number of hydrazone groups is 1. The number of nitrogens with one attached hydrogen (secondary N) is 1. The van der Waals surface area contributed by atoms with Crippen LogP contribution in [-0.4, -0.2) is 16.6 Å². The lowest BCUT2D eigenvalue weighted by atomic mass is 10.2. The smallest absolute Gasteiger partial charge is 0.267 e. The highest BCUT2D eigenvalue weighted by Crippen LogP contribution is 2.09. The highest BCUT2D eigenvalue weighted by molar-refractivity contribution is 6.30. The first-order chi connectivity index (χ1) is 9.70. The van der Waals surface area contributed by atoms with Crippen molar-refractivity contribution >= 4 is 23.2 Å². The van der Waals surface area contributed by atoms with E-state index < -0.39 is 5.91 Å². The number of aromatic nitrogens is 1. The van der Waals surface area contributed by atoms with Crippen molar-refractivity contribution in [2.24, 2.45) is 5.10 Å². The predicted molar refractivity (Wildman–Crippen MR) is 75.3 cm³/mol. The van der Waals surface area contributed by atoms with E-state index in [0.717, 1.165) is 0 Å². The molecule has 1 N–H and O–H groups in total. The maximum atomic E-state index is 11.8. The highest BCUT2D eigenvalue weighted by Gasteiger charge is 2.06. The second-order valence-electron chi connectivity index (χ2n) is 3.76. The van der Waals surface area contributed by atoms with Crippen LogP contribution < -0.4 is 5.43 Å². The number of nitrogens with zero attached hydrogens (tertiary/aromatic N) is 3. The Bertz CT molecular complexity index is 675. The zero-order valence-corrected chi connectivity index (χ0v) is 11.0. The largest absolute Gasteiger partial charge is 0.271 e. The molecule has 5 nitrogen and oxygen atoms in total. The van der Waals surface area contributed by atoms with Crippen LogP contribution in [0.4, 0.5) is 0 Å². The van der Waals surface area contributed by atoms with E-state index in [1.165, 1.54) is 0 Å². The Kier molecular flexibility index (Phi) is 4.43. The number of hydrogen-bond donors (Lipinski definition) is 1. The minimum absolute atomic E-state index is 0.106. The third-order valence-corrected chi connectivity index (χ3v) is 2.69. The minimum Gasteiger partial charge on any atom is -0.267 e. The zero-order valence-electron chi connectivity index (χ0n) is 10.2. The maximum absolute atomic E-state index is 11.8. The van der Waals surface area contributed by atoms with Gasteiger partial charge in [0.1, 0.15) is 6.07 Å². The molecular weight excluding hydrogens is 276 g/mol. The molecule has 1 amide bonds. The third-order valence-electron chi connectivity index (χ3n) is 2.44. The first-order valence-electron chi connectivity index (χ1n) is 5.65. The average molecular weight is 285 g/mol. The van der Waals surface area contributed by atoms with Gasteiger partial charge in [-0.25, -0.2) is 5.43 Å². The highest BCUT2D eigenvalue weighted by atomic mass is 35.5. The van der Waals surface area contributed by atoms with E-state index in [2.05, 4.69) is 15.5 Å². The Morgan fingerprint density at radius 2 is 1.80 bits per heavy atom. The van der Waals surface area contributed by atoms with Gasteiger partial charge in [0.15, 0.2) is 5.71 Å². The molecule has 6 heteroatoms. The number of pyridine rings is 1. The van der Waals surface area contributed by atoms with E-state index in [-0.39, 0.29) is 5.71 Å². The first-order valence-corrected chi connectivity index (χ1v) is 6.02. The van der Waals surface area contributed by atoms with Gasteiger partial charge in [0.2, 0.25) is 0 Å². The number of amides is 1. The van der Waals surface area contributed by atoms with Crippen LogP contribution in [0.15, 0.2) is 53.9 Å². The van der Waals surface area contributed by atoms with Gasteiger partial charge in [-0.2, -0.15) is 10.4 Å². The quantitative estimate of drug-likeness (QED) is 0.694. The molecule has 98 valence electrons. The average Bonchev–Trinajstić information content (AvgIpc) is 2.49. The van der Waals surface area contributed by atoms with Crippen molar-refractivity contribution in [1.82, 2.24) is 10.4 Å². The lowest BCUT2D eigenvalue weighted by Crippen LogP contribution is -2.19. The molecule has 0 fully saturated rings. The molecule has 0 aliphatic rings. The molecule has 1 aromatic heterocycles. The topological polar surface area (TPSA) is 78.1 Å². The van der Waals surface area contributed by atoms with Crippen molar-refractivity contribution in [2.75, 3.05) is 0 Å². The number of benzene rings is 1. The third kappa shape index (κ3) is 3.40. The van der Waals surface area contributed by atoms with Crippen LogP contribution in [0, 0.1) is 11.3 Å². The summed E-state index contributed by atoms with van der Waals surface area (Å²) < 4.78 is 0. The SMILES string of the molecule is N#C/C(=N\NC(=O)c1ccc(Cl)cc1)c1ccncc1. The van der Waals surface area contributed by atoms with Crippen LogP contribution in [0.3, 0.4) is 0 Å². The summed E-state index contributed by atoms with van der Waals surface area (Å²) in [5, 5.41) is 13.4. The van der Waals surface area contributed by atoms with E-state index in [4.69, 9.17) is 16.9 Å². The van der Waals surface area contributed by atoms with E-state index in [1.807, 2.05) is 6.07 Å². The fraction of sp³-hybridized carbons (Fsp3) is 0. The molecule has 0 bridgehead atoms. The standard InChI is InChI=1S/C14H9ClN4O/c15-12-3-1-11(2-4-12)14(20)19-18-13(9-16)10-5-7-17-8-6-10/h1-8H,(H,19,20)/b18-13+. The Labute approximate surface area is 120 Å². The van der Waals surface area contributed by atoms with E-state index in [1.54, 1.807) is 48.8 Å². The number of hydrogen-bond acceptors (Lipinski definition) is 4. The van der Waals surface area contributed by atoms with Gasteiger partial charge in [-0.05, 0) is 36.4 Å². The van der Waals surface area contributed by atoms with Crippen LogP contribution in [0.25, 0.3) is 0 Å². The van der Waals surface area contributed by atoms with Crippen molar-refractivity contribution in [3.8, 4) is 6.07 Å². The Morgan fingerprint density at radius 3 is 2.40 bits per heavy atom. The molecule has 0 spiro atoms. The van der Waals surface area contributed by atoms with Crippen LogP contribution >= 0.6 is 11.6 Å². The lowest BCUT2D eigenvalue weighted by molar-refractivity contribution is 0.0955. The van der Waals surface area contributed by atoms with Gasteiger partial charge >= 0.3 is 0 Å². The molecule has 0 atom stereocenters. The van der Waals surface area contributed by atoms with Crippen molar-refractivity contribution in [3.05, 3.63) is 64.9 Å². The van der Waals surface area contributed by atoms with Crippen LogP contribution in [0.1, 0.15) is 15.9 Å². The molecular formula is C14H9ClN4O. The molecule has 0 saturated carbocycles. The second kappa shape index (κ2) is 6.45. The molecule has 1 aromatic carbocycles. The number of rotatable bonds is 3. The van der Waals surface area contributed by atoms with Crippen LogP contribution in [0.5, 0.6) is 0 Å². The minimum atomic E-state index is -0.413. The van der Waals surface area contributed by atoms with Crippen molar-refractivity contribution in [3.63, 3.8) is 0 Å². The molecule has 1 heterocycles. The van der Waals surface area contributed by atoms with Crippen LogP contribution in [-0.2, 0) is 0 Å². The van der Waals surface area contributed by atoms with Crippen molar-refractivity contribution in [2.45, 2.75) is 0 Å². The number of carbonyl (C=O) groups excluding carboxylic acids is 1. The fourth-order valence-corrected chi connectivity index (χ4v) is 1.56. The summed E-state index contributed by atoms with van der Waals surface area (Å²) in [6, 6.07) is 11.6. The number of halogens is 1. The summed E-state index contributed by atoms with van der Waals surface area (Å²) in [4.78, 5) is 15.7. The molecule has 0 saturated heterocycles. The molecule has 20 heavy (non-hydrogen) atoms. The van der Waals surface area contributed by atoms with E-state index in [0.29, 0.717) is 16.1 Å². The van der Waals surface area contributed by atoms with Gasteiger partial charge in [-0.1, -0.05) is 11.6 Å². The van der Waals surface area contributed by atoms with Gasteiger partial charge < -0.3 is 0 Å². The molecule has 0 unspecified atom stereocenters. The maximum Gasteiger partial charge on any atom is 0.271 e. The molecule has 2 rings (SSSR count). The number of nitriles is 1. The Balaban J connectivity index is 2.13. The zero-order chi connectivity index (χ0) is 14.4. The van der Waals surface area contributed by atoms with Gasteiger partial charge in [-0.15, -0.1) is 0 Å². The fourth-order valence-electron chi connectivity index (χ4n) is 1.44. The predicted octanol–water partition coefficient (Wildman–Crippen LogP) is 2.39. The Hall–Kier alpha value is -2.71. The van der Waals surface area contributed by atoms with Crippen molar-refractivity contribution < 1.29 is 4.79 Å². The molecule has 0 radical (unpaired) electrons. The normalized spacial score (nSPS) is 10.7. The van der Waals surface area contributed by atoms with E-state index >= 15 is 0 Å².